The van der Waals surface area contributed by atoms with Crippen LogP contribution in [-0.4, -0.2) is 13.1 Å². The van der Waals surface area contributed by atoms with Crippen LogP contribution in [0.4, 0.5) is 5.69 Å². The van der Waals surface area contributed by atoms with Gasteiger partial charge in [-0.1, -0.05) is 6.07 Å². The molecule has 0 radical (unpaired) electrons. The van der Waals surface area contributed by atoms with Crippen LogP contribution in [0.15, 0.2) is 40.8 Å². The summed E-state index contributed by atoms with van der Waals surface area (Å²) in [5.41, 5.74) is 8.47. The summed E-state index contributed by atoms with van der Waals surface area (Å²) in [5.74, 6) is 0.884. The molecule has 19 heavy (non-hydrogen) atoms. The first-order chi connectivity index (χ1) is 9.10. The van der Waals surface area contributed by atoms with Crippen LogP contribution >= 0.6 is 0 Å². The number of benzene rings is 1. The van der Waals surface area contributed by atoms with Gasteiger partial charge in [0, 0.05) is 17.3 Å². The Hall–Kier alpha value is -2.49. The Morgan fingerprint density at radius 2 is 2.11 bits per heavy atom. The maximum Gasteiger partial charge on any atom is 0.330 e. The van der Waals surface area contributed by atoms with E-state index in [1.54, 1.807) is 12.1 Å². The van der Waals surface area contributed by atoms with Gasteiger partial charge >= 0.3 is 5.97 Å². The molecule has 1 aromatic carbocycles. The second kappa shape index (κ2) is 5.44. The van der Waals surface area contributed by atoms with Gasteiger partial charge in [0.2, 0.25) is 0 Å². The lowest BCUT2D eigenvalue weighted by Gasteiger charge is -2.03. The molecule has 0 spiro atoms. The van der Waals surface area contributed by atoms with Crippen molar-refractivity contribution in [1.29, 1.82) is 0 Å². The first-order valence-electron chi connectivity index (χ1n) is 5.82. The minimum Gasteiger partial charge on any atom is -0.466 e. The Kier molecular flexibility index (Phi) is 3.71. The summed E-state index contributed by atoms with van der Waals surface area (Å²) in [5, 5.41) is 0. The highest BCUT2D eigenvalue weighted by Gasteiger charge is 2.07. The van der Waals surface area contributed by atoms with Gasteiger partial charge in [-0.3, -0.25) is 0 Å². The number of nitrogen functional groups attached to an aromatic ring is 1. The number of nitrogens with two attached hydrogens (primary N) is 1. The highest BCUT2D eigenvalue weighted by Crippen LogP contribution is 2.27. The van der Waals surface area contributed by atoms with E-state index in [1.807, 2.05) is 31.2 Å². The molecule has 0 saturated carbocycles. The van der Waals surface area contributed by atoms with E-state index in [1.165, 1.54) is 13.2 Å². The first kappa shape index (κ1) is 13.0. The second-order valence-corrected chi connectivity index (χ2v) is 4.13. The predicted octanol–water partition coefficient (Wildman–Crippen LogP) is 3.02. The maximum atomic E-state index is 11.0. The number of aryl methyl sites for hydroxylation is 1. The average Bonchev–Trinajstić information content (AvgIpc) is 2.87. The van der Waals surface area contributed by atoms with Gasteiger partial charge in [-0.25, -0.2) is 4.79 Å². The molecule has 2 aromatic rings. The van der Waals surface area contributed by atoms with Crippen molar-refractivity contribution in [2.75, 3.05) is 12.8 Å². The predicted molar refractivity (Wildman–Crippen MR) is 74.3 cm³/mol. The Morgan fingerprint density at radius 3 is 2.84 bits per heavy atom. The van der Waals surface area contributed by atoms with Crippen molar-refractivity contribution in [3.8, 4) is 11.3 Å². The summed E-state index contributed by atoms with van der Waals surface area (Å²) in [7, 11) is 1.33. The van der Waals surface area contributed by atoms with Crippen LogP contribution in [0.5, 0.6) is 0 Å². The zero-order valence-corrected chi connectivity index (χ0v) is 10.8. The number of carbonyl (C=O) groups excluding carboxylic acids is 1. The average molecular weight is 257 g/mol. The Balaban J connectivity index is 2.28. The molecule has 1 aromatic heterocycles. The SMILES string of the molecule is COC(=O)/C=C/c1ccc(-c2cc(N)ccc2C)o1. The molecular formula is C15H15NO3. The van der Waals surface area contributed by atoms with E-state index in [4.69, 9.17) is 10.2 Å². The number of methoxy groups -OCH3 is 1. The van der Waals surface area contributed by atoms with E-state index < -0.39 is 5.97 Å². The van der Waals surface area contributed by atoms with Gasteiger partial charge in [0.25, 0.3) is 0 Å². The summed E-state index contributed by atoms with van der Waals surface area (Å²) in [4.78, 5) is 11.0. The third-order valence-corrected chi connectivity index (χ3v) is 2.74. The third kappa shape index (κ3) is 3.04. The fourth-order valence-electron chi connectivity index (χ4n) is 1.71. The second-order valence-electron chi connectivity index (χ2n) is 4.13. The van der Waals surface area contributed by atoms with Crippen LogP contribution < -0.4 is 5.73 Å². The van der Waals surface area contributed by atoms with E-state index in [-0.39, 0.29) is 0 Å². The molecule has 98 valence electrons. The number of rotatable bonds is 3. The molecule has 2 N–H and O–H groups in total. The van der Waals surface area contributed by atoms with Crippen molar-refractivity contribution >= 4 is 17.7 Å². The zero-order valence-electron chi connectivity index (χ0n) is 10.8. The maximum absolute atomic E-state index is 11.0. The van der Waals surface area contributed by atoms with Gasteiger partial charge in [0.05, 0.1) is 7.11 Å². The zero-order chi connectivity index (χ0) is 13.8. The minimum atomic E-state index is -0.418. The molecule has 0 saturated heterocycles. The van der Waals surface area contributed by atoms with Gasteiger partial charge in [-0.05, 0) is 42.8 Å². The lowest BCUT2D eigenvalue weighted by molar-refractivity contribution is -0.134. The van der Waals surface area contributed by atoms with E-state index in [0.29, 0.717) is 17.2 Å². The molecule has 0 aliphatic rings. The van der Waals surface area contributed by atoms with Gasteiger partial charge in [0.1, 0.15) is 11.5 Å². The first-order valence-corrected chi connectivity index (χ1v) is 5.82. The van der Waals surface area contributed by atoms with Gasteiger partial charge in [-0.15, -0.1) is 0 Å². The summed E-state index contributed by atoms with van der Waals surface area (Å²) in [6.45, 7) is 1.99. The van der Waals surface area contributed by atoms with Crippen molar-refractivity contribution in [3.05, 3.63) is 47.7 Å². The van der Waals surface area contributed by atoms with E-state index in [0.717, 1.165) is 11.1 Å². The number of hydrogen-bond donors (Lipinski definition) is 1. The van der Waals surface area contributed by atoms with Gasteiger partial charge in [-0.2, -0.15) is 0 Å². The smallest absolute Gasteiger partial charge is 0.330 e. The molecule has 0 bridgehead atoms. The lowest BCUT2D eigenvalue weighted by atomic mass is 10.1. The monoisotopic (exact) mass is 257 g/mol. The molecule has 4 heteroatoms. The highest BCUT2D eigenvalue weighted by atomic mass is 16.5. The van der Waals surface area contributed by atoms with Crippen molar-refractivity contribution in [2.24, 2.45) is 0 Å². The highest BCUT2D eigenvalue weighted by molar-refractivity contribution is 5.86. The van der Waals surface area contributed by atoms with E-state index in [9.17, 15) is 4.79 Å². The molecule has 1 heterocycles. The quantitative estimate of drug-likeness (QED) is 0.521. The van der Waals surface area contributed by atoms with Crippen molar-refractivity contribution in [3.63, 3.8) is 0 Å². The normalized spacial score (nSPS) is 10.8. The molecule has 4 nitrogen and oxygen atoms in total. The summed E-state index contributed by atoms with van der Waals surface area (Å²) >= 11 is 0. The molecule has 0 atom stereocenters. The molecule has 0 aliphatic heterocycles. The van der Waals surface area contributed by atoms with Crippen LogP contribution in [-0.2, 0) is 9.53 Å². The van der Waals surface area contributed by atoms with Crippen molar-refractivity contribution < 1.29 is 13.9 Å². The topological polar surface area (TPSA) is 65.5 Å². The molecule has 0 aliphatic carbocycles. The van der Waals surface area contributed by atoms with E-state index >= 15 is 0 Å². The fraction of sp³-hybridized carbons (Fsp3) is 0.133. The van der Waals surface area contributed by atoms with Crippen LogP contribution in [0.2, 0.25) is 0 Å². The minimum absolute atomic E-state index is 0.418. The van der Waals surface area contributed by atoms with Crippen molar-refractivity contribution in [2.45, 2.75) is 6.92 Å². The fourth-order valence-corrected chi connectivity index (χ4v) is 1.71. The molecule has 0 amide bonds. The number of ether oxygens (including phenoxy) is 1. The molecule has 2 rings (SSSR count). The Bertz CT molecular complexity index is 626. The summed E-state index contributed by atoms with van der Waals surface area (Å²) < 4.78 is 10.2. The Morgan fingerprint density at radius 1 is 1.32 bits per heavy atom. The Labute approximate surface area is 111 Å². The van der Waals surface area contributed by atoms with Crippen LogP contribution in [0, 0.1) is 6.92 Å². The van der Waals surface area contributed by atoms with Crippen molar-refractivity contribution in [1.82, 2.24) is 0 Å². The molecular weight excluding hydrogens is 242 g/mol. The number of furan rings is 1. The molecule has 0 unspecified atom stereocenters. The number of carbonyl (C=O) groups is 1. The summed E-state index contributed by atoms with van der Waals surface area (Å²) in [6, 6.07) is 9.29. The largest absolute Gasteiger partial charge is 0.466 e. The number of hydrogen-bond acceptors (Lipinski definition) is 4. The van der Waals surface area contributed by atoms with Gasteiger partial charge in [0.15, 0.2) is 0 Å². The molecule has 0 fully saturated rings. The lowest BCUT2D eigenvalue weighted by Crippen LogP contribution is -1.92. The van der Waals surface area contributed by atoms with Crippen LogP contribution in [0.25, 0.3) is 17.4 Å². The third-order valence-electron chi connectivity index (χ3n) is 2.74. The number of esters is 1. The standard InChI is InChI=1S/C15H15NO3/c1-10-3-4-11(16)9-13(10)14-7-5-12(19-14)6-8-15(17)18-2/h3-9H,16H2,1-2H3/b8-6+. The van der Waals surface area contributed by atoms with E-state index in [2.05, 4.69) is 4.74 Å². The van der Waals surface area contributed by atoms with Gasteiger partial charge < -0.3 is 14.9 Å². The van der Waals surface area contributed by atoms with Crippen LogP contribution in [0.1, 0.15) is 11.3 Å². The number of anilines is 1. The summed E-state index contributed by atoms with van der Waals surface area (Å²) in [6.07, 6.45) is 2.88. The van der Waals surface area contributed by atoms with Crippen LogP contribution in [0.3, 0.4) is 0 Å².